The molecule has 0 amide bonds. The van der Waals surface area contributed by atoms with E-state index in [9.17, 15) is 18.0 Å². The Morgan fingerprint density at radius 3 is 2.21 bits per heavy atom. The van der Waals surface area contributed by atoms with Gasteiger partial charge in [-0.25, -0.2) is 4.79 Å². The van der Waals surface area contributed by atoms with Gasteiger partial charge in [-0.1, -0.05) is 30.4 Å². The molecule has 2 rings (SSSR count). The average Bonchev–Trinajstić information content (AvgIpc) is 2.52. The van der Waals surface area contributed by atoms with E-state index in [-0.39, 0.29) is 0 Å². The van der Waals surface area contributed by atoms with E-state index in [2.05, 4.69) is 4.98 Å². The van der Waals surface area contributed by atoms with Crippen molar-refractivity contribution in [3.8, 4) is 0 Å². The highest BCUT2D eigenvalue weighted by Crippen LogP contribution is 2.31. The van der Waals surface area contributed by atoms with Crippen LogP contribution in [-0.2, 0) is 11.0 Å². The number of aromatic nitrogens is 1. The van der Waals surface area contributed by atoms with Gasteiger partial charge in [-0.15, -0.1) is 0 Å². The number of halogens is 3. The smallest absolute Gasteiger partial charge is 0.416 e. The van der Waals surface area contributed by atoms with Gasteiger partial charge in [0.15, 0.2) is 0 Å². The van der Waals surface area contributed by atoms with Crippen LogP contribution in [0.1, 0.15) is 22.4 Å². The molecule has 1 aromatic carbocycles. The SMILES string of the molecule is Cc1ccc(C(=CC=CC(=O)O)c2ccc(C(F)(F)F)cc2)cn1. The summed E-state index contributed by atoms with van der Waals surface area (Å²) in [7, 11) is 0. The maximum atomic E-state index is 12.7. The molecular formula is C18H14F3NO2. The number of aliphatic carboxylic acids is 1. The maximum absolute atomic E-state index is 12.7. The Morgan fingerprint density at radius 1 is 1.08 bits per heavy atom. The molecule has 0 radical (unpaired) electrons. The lowest BCUT2D eigenvalue weighted by Crippen LogP contribution is -2.04. The molecule has 0 aliphatic rings. The standard InChI is InChI=1S/C18H14F3NO2/c1-12-5-6-14(11-22-12)16(3-2-4-17(23)24)13-7-9-15(10-8-13)18(19,20)21/h2-11H,1H3,(H,23,24). The molecule has 0 aliphatic heterocycles. The average molecular weight is 333 g/mol. The zero-order valence-electron chi connectivity index (χ0n) is 12.7. The minimum atomic E-state index is -4.41. The summed E-state index contributed by atoms with van der Waals surface area (Å²) in [6.45, 7) is 1.82. The first-order chi connectivity index (χ1) is 11.3. The van der Waals surface area contributed by atoms with Gasteiger partial charge in [0.1, 0.15) is 0 Å². The van der Waals surface area contributed by atoms with Crippen LogP contribution in [0.3, 0.4) is 0 Å². The van der Waals surface area contributed by atoms with Crippen molar-refractivity contribution >= 4 is 11.5 Å². The van der Waals surface area contributed by atoms with Crippen LogP contribution in [0.4, 0.5) is 13.2 Å². The van der Waals surface area contributed by atoms with Crippen molar-refractivity contribution in [1.29, 1.82) is 0 Å². The summed E-state index contributed by atoms with van der Waals surface area (Å²) in [4.78, 5) is 14.8. The van der Waals surface area contributed by atoms with Crippen molar-refractivity contribution in [3.63, 3.8) is 0 Å². The predicted octanol–water partition coefficient (Wildman–Crippen LogP) is 4.48. The Hall–Kier alpha value is -2.89. The highest BCUT2D eigenvalue weighted by molar-refractivity contribution is 5.83. The number of carbonyl (C=O) groups is 1. The third-order valence-electron chi connectivity index (χ3n) is 3.25. The van der Waals surface area contributed by atoms with Gasteiger partial charge in [0, 0.05) is 23.5 Å². The second-order valence-corrected chi connectivity index (χ2v) is 5.04. The summed E-state index contributed by atoms with van der Waals surface area (Å²) in [6, 6.07) is 8.23. The molecule has 0 unspecified atom stereocenters. The Kier molecular flexibility index (Phi) is 5.18. The predicted molar refractivity (Wildman–Crippen MR) is 84.3 cm³/mol. The van der Waals surface area contributed by atoms with Crippen LogP contribution in [-0.4, -0.2) is 16.1 Å². The fourth-order valence-electron chi connectivity index (χ4n) is 2.05. The molecule has 6 heteroatoms. The normalized spacial score (nSPS) is 12.6. The lowest BCUT2D eigenvalue weighted by molar-refractivity contribution is -0.137. The largest absolute Gasteiger partial charge is 0.478 e. The van der Waals surface area contributed by atoms with Crippen LogP contribution in [0.2, 0.25) is 0 Å². The lowest BCUT2D eigenvalue weighted by Gasteiger charge is -2.10. The number of alkyl halides is 3. The number of hydrogen-bond donors (Lipinski definition) is 1. The van der Waals surface area contributed by atoms with E-state index in [4.69, 9.17) is 5.11 Å². The fourth-order valence-corrected chi connectivity index (χ4v) is 2.05. The number of nitrogens with zero attached hydrogens (tertiary/aromatic N) is 1. The van der Waals surface area contributed by atoms with Gasteiger partial charge >= 0.3 is 12.1 Å². The molecule has 0 spiro atoms. The summed E-state index contributed by atoms with van der Waals surface area (Å²) in [6.07, 6.45) is 0.994. The Morgan fingerprint density at radius 2 is 1.71 bits per heavy atom. The van der Waals surface area contributed by atoms with Crippen molar-refractivity contribution in [3.05, 3.63) is 83.2 Å². The molecule has 1 N–H and O–H groups in total. The van der Waals surface area contributed by atoms with Crippen molar-refractivity contribution in [1.82, 2.24) is 4.98 Å². The van der Waals surface area contributed by atoms with Gasteiger partial charge in [-0.2, -0.15) is 13.2 Å². The number of rotatable bonds is 4. The quantitative estimate of drug-likeness (QED) is 0.663. The maximum Gasteiger partial charge on any atom is 0.416 e. The molecule has 0 bridgehead atoms. The summed E-state index contributed by atoms with van der Waals surface area (Å²) >= 11 is 0. The first-order valence-electron chi connectivity index (χ1n) is 6.99. The van der Waals surface area contributed by atoms with Crippen molar-refractivity contribution < 1.29 is 23.1 Å². The molecule has 1 heterocycles. The topological polar surface area (TPSA) is 50.2 Å². The first kappa shape index (κ1) is 17.5. The van der Waals surface area contributed by atoms with Crippen molar-refractivity contribution in [2.75, 3.05) is 0 Å². The molecule has 2 aromatic rings. The van der Waals surface area contributed by atoms with Gasteiger partial charge in [0.25, 0.3) is 0 Å². The van der Waals surface area contributed by atoms with E-state index >= 15 is 0 Å². The number of hydrogen-bond acceptors (Lipinski definition) is 2. The number of aryl methyl sites for hydroxylation is 1. The molecule has 0 saturated carbocycles. The zero-order chi connectivity index (χ0) is 17.7. The van der Waals surface area contributed by atoms with Crippen LogP contribution in [0.25, 0.3) is 5.57 Å². The molecule has 3 nitrogen and oxygen atoms in total. The third kappa shape index (κ3) is 4.55. The van der Waals surface area contributed by atoms with E-state index in [1.807, 2.05) is 6.92 Å². The van der Waals surface area contributed by atoms with Crippen LogP contribution >= 0.6 is 0 Å². The fraction of sp³-hybridized carbons (Fsp3) is 0.111. The first-order valence-corrected chi connectivity index (χ1v) is 6.99. The summed E-state index contributed by atoms with van der Waals surface area (Å²) in [5.41, 5.74) is 1.84. The minimum Gasteiger partial charge on any atom is -0.478 e. The highest BCUT2D eigenvalue weighted by atomic mass is 19.4. The van der Waals surface area contributed by atoms with Crippen molar-refractivity contribution in [2.24, 2.45) is 0 Å². The number of carboxylic acid groups (broad SMARTS) is 1. The van der Waals surface area contributed by atoms with E-state index in [1.165, 1.54) is 24.3 Å². The van der Waals surface area contributed by atoms with Gasteiger partial charge in [-0.3, -0.25) is 4.98 Å². The minimum absolute atomic E-state index is 0.531. The molecule has 0 fully saturated rings. The number of carboxylic acids is 1. The number of benzene rings is 1. The van der Waals surface area contributed by atoms with Crippen LogP contribution in [0, 0.1) is 6.92 Å². The van der Waals surface area contributed by atoms with E-state index < -0.39 is 17.7 Å². The van der Waals surface area contributed by atoms with Gasteiger partial charge < -0.3 is 5.11 Å². The van der Waals surface area contributed by atoms with E-state index in [0.717, 1.165) is 23.9 Å². The summed E-state index contributed by atoms with van der Waals surface area (Å²) < 4.78 is 38.0. The molecule has 1 aromatic heterocycles. The number of pyridine rings is 1. The van der Waals surface area contributed by atoms with E-state index in [1.54, 1.807) is 18.3 Å². The van der Waals surface area contributed by atoms with Gasteiger partial charge in [0.2, 0.25) is 0 Å². The molecule has 24 heavy (non-hydrogen) atoms. The number of allylic oxidation sites excluding steroid dienone is 2. The van der Waals surface area contributed by atoms with Crippen LogP contribution in [0.5, 0.6) is 0 Å². The monoisotopic (exact) mass is 333 g/mol. The Labute approximate surface area is 136 Å². The summed E-state index contributed by atoms with van der Waals surface area (Å²) in [5.74, 6) is -1.11. The van der Waals surface area contributed by atoms with Crippen molar-refractivity contribution in [2.45, 2.75) is 13.1 Å². The molecule has 0 atom stereocenters. The lowest BCUT2D eigenvalue weighted by atomic mass is 9.97. The molecule has 0 aliphatic carbocycles. The molecular weight excluding hydrogens is 319 g/mol. The molecule has 124 valence electrons. The highest BCUT2D eigenvalue weighted by Gasteiger charge is 2.30. The zero-order valence-corrected chi connectivity index (χ0v) is 12.7. The van der Waals surface area contributed by atoms with Gasteiger partial charge in [-0.05, 0) is 36.3 Å². The van der Waals surface area contributed by atoms with Gasteiger partial charge in [0.05, 0.1) is 5.56 Å². The second-order valence-electron chi connectivity index (χ2n) is 5.04. The van der Waals surface area contributed by atoms with E-state index in [0.29, 0.717) is 16.7 Å². The molecule has 0 saturated heterocycles. The van der Waals surface area contributed by atoms with Crippen LogP contribution < -0.4 is 0 Å². The Bertz CT molecular complexity index is 773. The summed E-state index contributed by atoms with van der Waals surface area (Å²) in [5, 5.41) is 8.68. The third-order valence-corrected chi connectivity index (χ3v) is 3.25. The second kappa shape index (κ2) is 7.12. The Balaban J connectivity index is 2.46. The van der Waals surface area contributed by atoms with Crippen LogP contribution in [0.15, 0.2) is 60.8 Å².